The molecule has 2 rings (SSSR count). The molecule has 142 valence electrons. The highest BCUT2D eigenvalue weighted by atomic mass is 19.4. The number of hydrogen-bond acceptors (Lipinski definition) is 6. The number of carbonyl (C=O) groups is 1. The van der Waals surface area contributed by atoms with Crippen molar-refractivity contribution in [3.63, 3.8) is 0 Å². The van der Waals surface area contributed by atoms with Crippen LogP contribution in [0, 0.1) is 10.1 Å². The molecule has 7 nitrogen and oxygen atoms in total. The molecule has 0 fully saturated rings. The molecule has 10 heteroatoms. The summed E-state index contributed by atoms with van der Waals surface area (Å²) in [6.07, 6.45) is -5.11. The van der Waals surface area contributed by atoms with Gasteiger partial charge >= 0.3 is 17.7 Å². The van der Waals surface area contributed by atoms with Gasteiger partial charge in [-0.25, -0.2) is 4.79 Å². The van der Waals surface area contributed by atoms with E-state index in [2.05, 4.69) is 4.99 Å². The first-order chi connectivity index (χ1) is 12.1. The Hall–Kier alpha value is -2.65. The summed E-state index contributed by atoms with van der Waals surface area (Å²) >= 11 is 0. The Morgan fingerprint density at radius 2 is 2.08 bits per heavy atom. The SMILES string of the molecule is CCOC(=O)C1([N+](=O)[O-])C(C)N=C(N)CC1c1ccccc1C(F)(F)F. The molecule has 26 heavy (non-hydrogen) atoms. The second kappa shape index (κ2) is 6.93. The highest BCUT2D eigenvalue weighted by Gasteiger charge is 2.66. The molecule has 1 aliphatic heterocycles. The summed E-state index contributed by atoms with van der Waals surface area (Å²) in [5, 5.41) is 12.0. The lowest BCUT2D eigenvalue weighted by atomic mass is 9.70. The lowest BCUT2D eigenvalue weighted by Crippen LogP contribution is -2.62. The molecule has 0 saturated heterocycles. The molecule has 3 unspecified atom stereocenters. The molecular weight excluding hydrogens is 355 g/mol. The van der Waals surface area contributed by atoms with Crippen LogP contribution in [0.5, 0.6) is 0 Å². The van der Waals surface area contributed by atoms with Crippen molar-refractivity contribution >= 4 is 11.8 Å². The van der Waals surface area contributed by atoms with E-state index in [1.807, 2.05) is 0 Å². The maximum atomic E-state index is 13.5. The average molecular weight is 373 g/mol. The van der Waals surface area contributed by atoms with E-state index in [-0.39, 0.29) is 24.4 Å². The molecule has 0 spiro atoms. The van der Waals surface area contributed by atoms with Crippen LogP contribution in [-0.4, -0.2) is 34.9 Å². The van der Waals surface area contributed by atoms with Crippen LogP contribution < -0.4 is 5.73 Å². The van der Waals surface area contributed by atoms with E-state index in [1.54, 1.807) is 0 Å². The van der Waals surface area contributed by atoms with Gasteiger partial charge in [0.25, 0.3) is 0 Å². The number of hydrogen-bond donors (Lipinski definition) is 1. The van der Waals surface area contributed by atoms with Gasteiger partial charge in [0, 0.05) is 11.3 Å². The number of nitrogens with two attached hydrogens (primary N) is 1. The summed E-state index contributed by atoms with van der Waals surface area (Å²) in [4.78, 5) is 27.5. The molecule has 1 heterocycles. The van der Waals surface area contributed by atoms with Crippen LogP contribution in [0.25, 0.3) is 0 Å². The number of rotatable bonds is 4. The van der Waals surface area contributed by atoms with Gasteiger partial charge in [-0.1, -0.05) is 18.2 Å². The van der Waals surface area contributed by atoms with Crippen LogP contribution in [0.1, 0.15) is 37.3 Å². The molecule has 0 bridgehead atoms. The van der Waals surface area contributed by atoms with E-state index in [0.717, 1.165) is 12.1 Å². The van der Waals surface area contributed by atoms with Crippen LogP contribution in [0.3, 0.4) is 0 Å². The standard InChI is InChI=1S/C16H18F3N3O4/c1-3-26-14(23)15(22(24)25)9(2)21-13(20)8-12(15)10-6-4-5-7-11(10)16(17,18)19/h4-7,9,12H,3,8H2,1-2H3,(H2,20,21). The topological polar surface area (TPSA) is 108 Å². The van der Waals surface area contributed by atoms with Gasteiger partial charge in [-0.15, -0.1) is 0 Å². The number of halogens is 3. The van der Waals surface area contributed by atoms with E-state index in [1.165, 1.54) is 26.0 Å². The summed E-state index contributed by atoms with van der Waals surface area (Å²) in [6.45, 7) is 2.57. The second-order valence-electron chi connectivity index (χ2n) is 5.94. The Morgan fingerprint density at radius 3 is 2.62 bits per heavy atom. The van der Waals surface area contributed by atoms with Crippen LogP contribution in [0.2, 0.25) is 0 Å². The lowest BCUT2D eigenvalue weighted by molar-refractivity contribution is -0.563. The summed E-state index contributed by atoms with van der Waals surface area (Å²) in [5.74, 6) is -2.75. The lowest BCUT2D eigenvalue weighted by Gasteiger charge is -2.37. The Morgan fingerprint density at radius 1 is 1.46 bits per heavy atom. The first-order valence-electron chi connectivity index (χ1n) is 7.86. The molecule has 0 amide bonds. The number of benzene rings is 1. The third kappa shape index (κ3) is 3.11. The van der Waals surface area contributed by atoms with E-state index >= 15 is 0 Å². The van der Waals surface area contributed by atoms with Crippen molar-refractivity contribution in [2.45, 2.75) is 43.9 Å². The van der Waals surface area contributed by atoms with Crippen LogP contribution in [-0.2, 0) is 15.7 Å². The quantitative estimate of drug-likeness (QED) is 0.496. The zero-order chi connectivity index (χ0) is 19.7. The predicted octanol–water partition coefficient (Wildman–Crippen LogP) is 2.52. The molecule has 1 aliphatic rings. The van der Waals surface area contributed by atoms with Crippen LogP contribution in [0.4, 0.5) is 13.2 Å². The van der Waals surface area contributed by atoms with Gasteiger partial charge in [-0.05, 0) is 25.5 Å². The van der Waals surface area contributed by atoms with Crippen molar-refractivity contribution in [3.05, 3.63) is 45.5 Å². The Balaban J connectivity index is 2.77. The summed E-state index contributed by atoms with van der Waals surface area (Å²) in [5.41, 5.74) is 1.77. The fourth-order valence-corrected chi connectivity index (χ4v) is 3.38. The molecule has 1 aromatic carbocycles. The highest BCUT2D eigenvalue weighted by molar-refractivity contribution is 5.89. The maximum absolute atomic E-state index is 13.5. The second-order valence-corrected chi connectivity index (χ2v) is 5.94. The number of amidine groups is 1. The molecule has 1 aromatic rings. The van der Waals surface area contributed by atoms with Crippen molar-refractivity contribution in [2.75, 3.05) is 6.61 Å². The van der Waals surface area contributed by atoms with Gasteiger partial charge in [-0.3, -0.25) is 15.1 Å². The highest BCUT2D eigenvalue weighted by Crippen LogP contribution is 2.46. The molecule has 0 aromatic heterocycles. The van der Waals surface area contributed by atoms with Gasteiger partial charge in [-0.2, -0.15) is 13.2 Å². The van der Waals surface area contributed by atoms with Crippen molar-refractivity contribution in [1.82, 2.24) is 0 Å². The first kappa shape index (κ1) is 19.7. The van der Waals surface area contributed by atoms with E-state index in [0.29, 0.717) is 0 Å². The summed E-state index contributed by atoms with van der Waals surface area (Å²) in [7, 11) is 0. The predicted molar refractivity (Wildman–Crippen MR) is 86.2 cm³/mol. The Bertz CT molecular complexity index is 751. The van der Waals surface area contributed by atoms with Crippen molar-refractivity contribution in [2.24, 2.45) is 10.7 Å². The average Bonchev–Trinajstić information content (AvgIpc) is 2.53. The number of aliphatic imine (C=N–C) groups is 1. The maximum Gasteiger partial charge on any atom is 0.416 e. The van der Waals surface area contributed by atoms with Gasteiger partial charge in [0.05, 0.1) is 23.9 Å². The number of nitro groups is 1. The van der Waals surface area contributed by atoms with Gasteiger partial charge in [0.1, 0.15) is 6.04 Å². The zero-order valence-electron chi connectivity index (χ0n) is 14.1. The molecular formula is C16H18F3N3O4. The van der Waals surface area contributed by atoms with E-state index in [9.17, 15) is 28.1 Å². The third-order valence-corrected chi connectivity index (χ3v) is 4.49. The van der Waals surface area contributed by atoms with Crippen LogP contribution >= 0.6 is 0 Å². The summed E-state index contributed by atoms with van der Waals surface area (Å²) in [6, 6.07) is 3.15. The minimum absolute atomic E-state index is 0.0544. The molecule has 0 saturated carbocycles. The fourth-order valence-electron chi connectivity index (χ4n) is 3.38. The molecule has 0 aliphatic carbocycles. The van der Waals surface area contributed by atoms with Gasteiger partial charge in [0.15, 0.2) is 0 Å². The normalized spacial score (nSPS) is 26.1. The first-order valence-corrected chi connectivity index (χ1v) is 7.86. The monoisotopic (exact) mass is 373 g/mol. The minimum atomic E-state index is -4.75. The Labute approximate surface area is 147 Å². The number of nitrogens with zero attached hydrogens (tertiary/aromatic N) is 2. The Kier molecular flexibility index (Phi) is 5.24. The molecule has 2 N–H and O–H groups in total. The smallest absolute Gasteiger partial charge is 0.416 e. The number of ether oxygens (including phenoxy) is 1. The van der Waals surface area contributed by atoms with Crippen molar-refractivity contribution in [1.29, 1.82) is 0 Å². The third-order valence-electron chi connectivity index (χ3n) is 4.49. The number of carbonyl (C=O) groups excluding carboxylic acids is 1. The fraction of sp³-hybridized carbons (Fsp3) is 0.500. The largest absolute Gasteiger partial charge is 0.461 e. The van der Waals surface area contributed by atoms with Crippen molar-refractivity contribution < 1.29 is 27.6 Å². The van der Waals surface area contributed by atoms with Crippen LogP contribution in [0.15, 0.2) is 29.3 Å². The van der Waals surface area contributed by atoms with E-state index in [4.69, 9.17) is 10.5 Å². The molecule has 3 atom stereocenters. The molecule has 0 radical (unpaired) electrons. The number of esters is 1. The van der Waals surface area contributed by atoms with Gasteiger partial charge in [0.2, 0.25) is 0 Å². The summed E-state index contributed by atoms with van der Waals surface area (Å²) < 4.78 is 45.2. The van der Waals surface area contributed by atoms with E-state index < -0.39 is 40.1 Å². The van der Waals surface area contributed by atoms with Crippen molar-refractivity contribution in [3.8, 4) is 0 Å². The number of alkyl halides is 3. The minimum Gasteiger partial charge on any atom is -0.461 e. The van der Waals surface area contributed by atoms with Gasteiger partial charge < -0.3 is 10.5 Å². The zero-order valence-corrected chi connectivity index (χ0v) is 14.1.